The smallest absolute Gasteiger partial charge is 0.236 e. The molecule has 25 heavy (non-hydrogen) atoms. The van der Waals surface area contributed by atoms with Crippen LogP contribution in [0.15, 0.2) is 24.3 Å². The van der Waals surface area contributed by atoms with Crippen LogP contribution in [-0.2, 0) is 4.79 Å². The van der Waals surface area contributed by atoms with E-state index in [2.05, 4.69) is 34.9 Å². The second-order valence-electron chi connectivity index (χ2n) is 7.51. The van der Waals surface area contributed by atoms with Gasteiger partial charge in [0.25, 0.3) is 0 Å². The van der Waals surface area contributed by atoms with Gasteiger partial charge >= 0.3 is 0 Å². The van der Waals surface area contributed by atoms with Crippen molar-refractivity contribution >= 4 is 27.5 Å². The Bertz CT molecular complexity index is 710. The predicted octanol–water partition coefficient (Wildman–Crippen LogP) is 3.88. The van der Waals surface area contributed by atoms with Crippen LogP contribution in [0.1, 0.15) is 50.0 Å². The molecule has 1 aromatic carbocycles. The minimum atomic E-state index is 0.305. The number of hydrogen-bond donors (Lipinski definition) is 0. The molecular weight excluding hydrogens is 330 g/mol. The minimum absolute atomic E-state index is 0.305. The van der Waals surface area contributed by atoms with Crippen molar-refractivity contribution in [1.82, 2.24) is 14.8 Å². The fourth-order valence-electron chi connectivity index (χ4n) is 4.14. The maximum absolute atomic E-state index is 12.8. The average Bonchev–Trinajstić information content (AvgIpc) is 3.08. The molecule has 2 aliphatic rings. The van der Waals surface area contributed by atoms with E-state index in [1.54, 1.807) is 11.3 Å². The van der Waals surface area contributed by atoms with Gasteiger partial charge < -0.3 is 4.90 Å². The van der Waals surface area contributed by atoms with Crippen LogP contribution in [0.5, 0.6) is 0 Å². The van der Waals surface area contributed by atoms with Gasteiger partial charge in [0.15, 0.2) is 0 Å². The Balaban J connectivity index is 1.42. The van der Waals surface area contributed by atoms with E-state index in [-0.39, 0.29) is 0 Å². The Morgan fingerprint density at radius 3 is 2.92 bits per heavy atom. The lowest BCUT2D eigenvalue weighted by Gasteiger charge is -2.37. The zero-order valence-electron chi connectivity index (χ0n) is 15.0. The fraction of sp³-hybridized carbons (Fsp3) is 0.600. The van der Waals surface area contributed by atoms with Crippen molar-refractivity contribution in [2.45, 2.75) is 51.0 Å². The van der Waals surface area contributed by atoms with Crippen molar-refractivity contribution in [3.63, 3.8) is 0 Å². The van der Waals surface area contributed by atoms with Gasteiger partial charge in [-0.1, -0.05) is 18.6 Å². The third kappa shape index (κ3) is 3.72. The number of hydrogen-bond acceptors (Lipinski definition) is 4. The molecule has 1 amide bonds. The SMILES string of the molecule is C[C@H]1CCCCN1CC(=O)N1CCC[C@H](c2nc3ccccc3s2)C1. The lowest BCUT2D eigenvalue weighted by Crippen LogP contribution is -2.48. The summed E-state index contributed by atoms with van der Waals surface area (Å²) in [5.41, 5.74) is 1.09. The molecule has 2 aromatic rings. The molecule has 0 radical (unpaired) electrons. The average molecular weight is 358 g/mol. The van der Waals surface area contributed by atoms with Gasteiger partial charge in [0.05, 0.1) is 21.8 Å². The Hall–Kier alpha value is -1.46. The van der Waals surface area contributed by atoms with Gasteiger partial charge in [0, 0.05) is 25.0 Å². The van der Waals surface area contributed by atoms with Gasteiger partial charge in [-0.15, -0.1) is 11.3 Å². The number of piperidine rings is 2. The summed E-state index contributed by atoms with van der Waals surface area (Å²) >= 11 is 1.79. The summed E-state index contributed by atoms with van der Waals surface area (Å²) in [6, 6.07) is 8.88. The molecule has 0 N–H and O–H groups in total. The number of thiazole rings is 1. The Morgan fingerprint density at radius 1 is 1.20 bits per heavy atom. The van der Waals surface area contributed by atoms with Crippen LogP contribution in [-0.4, -0.2) is 52.9 Å². The number of para-hydroxylation sites is 1. The van der Waals surface area contributed by atoms with Crippen LogP contribution in [0.3, 0.4) is 0 Å². The quantitative estimate of drug-likeness (QED) is 0.836. The Labute approximate surface area is 153 Å². The number of amides is 1. The maximum atomic E-state index is 12.8. The van der Waals surface area contributed by atoms with Crippen LogP contribution in [0.2, 0.25) is 0 Å². The Morgan fingerprint density at radius 2 is 2.08 bits per heavy atom. The maximum Gasteiger partial charge on any atom is 0.236 e. The van der Waals surface area contributed by atoms with Gasteiger partial charge in [0.1, 0.15) is 0 Å². The lowest BCUT2D eigenvalue weighted by molar-refractivity contribution is -0.134. The number of aromatic nitrogens is 1. The summed E-state index contributed by atoms with van der Waals surface area (Å²) in [5.74, 6) is 0.702. The van der Waals surface area contributed by atoms with Gasteiger partial charge in [-0.2, -0.15) is 0 Å². The van der Waals surface area contributed by atoms with Gasteiger partial charge in [-0.05, 0) is 51.3 Å². The number of benzene rings is 1. The molecule has 0 bridgehead atoms. The monoisotopic (exact) mass is 357 g/mol. The van der Waals surface area contributed by atoms with Gasteiger partial charge in [-0.25, -0.2) is 4.98 Å². The predicted molar refractivity (Wildman–Crippen MR) is 103 cm³/mol. The van der Waals surface area contributed by atoms with Gasteiger partial charge in [-0.3, -0.25) is 9.69 Å². The first-order valence-corrected chi connectivity index (χ1v) is 10.4. The zero-order chi connectivity index (χ0) is 17.2. The highest BCUT2D eigenvalue weighted by molar-refractivity contribution is 7.18. The van der Waals surface area contributed by atoms with E-state index in [9.17, 15) is 4.79 Å². The normalized spacial score (nSPS) is 25.4. The van der Waals surface area contributed by atoms with Crippen molar-refractivity contribution in [2.75, 3.05) is 26.2 Å². The standard InChI is InChI=1S/C20H27N3OS/c1-15-7-4-5-11-22(15)14-19(24)23-12-6-8-16(13-23)20-21-17-9-2-3-10-18(17)25-20/h2-3,9-10,15-16H,4-8,11-14H2,1H3/t15-,16-/m0/s1. The van der Waals surface area contributed by atoms with Crippen LogP contribution in [0.25, 0.3) is 10.2 Å². The second kappa shape index (κ2) is 7.42. The molecule has 0 unspecified atom stereocenters. The molecule has 134 valence electrons. The molecular formula is C20H27N3OS. The minimum Gasteiger partial charge on any atom is -0.341 e. The van der Waals surface area contributed by atoms with Crippen molar-refractivity contribution in [3.05, 3.63) is 29.3 Å². The molecule has 2 atom stereocenters. The van der Waals surface area contributed by atoms with E-state index in [0.717, 1.165) is 38.0 Å². The molecule has 5 heteroatoms. The number of nitrogens with zero attached hydrogens (tertiary/aromatic N) is 3. The number of carbonyl (C=O) groups excluding carboxylic acids is 1. The number of carbonyl (C=O) groups is 1. The zero-order valence-corrected chi connectivity index (χ0v) is 15.8. The summed E-state index contributed by atoms with van der Waals surface area (Å²) in [4.78, 5) is 22.1. The number of fused-ring (bicyclic) bond motifs is 1. The first-order chi connectivity index (χ1) is 12.2. The van der Waals surface area contributed by atoms with E-state index in [1.807, 2.05) is 6.07 Å². The molecule has 0 aliphatic carbocycles. The van der Waals surface area contributed by atoms with Crippen molar-refractivity contribution in [3.8, 4) is 0 Å². The highest BCUT2D eigenvalue weighted by atomic mass is 32.1. The molecule has 4 rings (SSSR count). The third-order valence-electron chi connectivity index (χ3n) is 5.71. The summed E-state index contributed by atoms with van der Waals surface area (Å²) in [7, 11) is 0. The van der Waals surface area contributed by atoms with Crippen molar-refractivity contribution in [1.29, 1.82) is 0 Å². The van der Waals surface area contributed by atoms with Gasteiger partial charge in [0.2, 0.25) is 5.91 Å². The fourth-order valence-corrected chi connectivity index (χ4v) is 5.23. The molecule has 0 saturated carbocycles. The summed E-state index contributed by atoms with van der Waals surface area (Å²) in [6.07, 6.45) is 5.98. The van der Waals surface area contributed by atoms with E-state index < -0.39 is 0 Å². The lowest BCUT2D eigenvalue weighted by atomic mass is 9.98. The first-order valence-electron chi connectivity index (χ1n) is 9.58. The van der Waals surface area contributed by atoms with Crippen LogP contribution < -0.4 is 0 Å². The number of likely N-dealkylation sites (tertiary alicyclic amines) is 2. The molecule has 1 aromatic heterocycles. The van der Waals surface area contributed by atoms with Crippen LogP contribution in [0.4, 0.5) is 0 Å². The first kappa shape index (κ1) is 17.0. The molecule has 0 spiro atoms. The third-order valence-corrected chi connectivity index (χ3v) is 6.91. The topological polar surface area (TPSA) is 36.4 Å². The molecule has 4 nitrogen and oxygen atoms in total. The van der Waals surface area contributed by atoms with E-state index in [4.69, 9.17) is 4.98 Å². The van der Waals surface area contributed by atoms with E-state index in [0.29, 0.717) is 24.4 Å². The summed E-state index contributed by atoms with van der Waals surface area (Å²) < 4.78 is 1.25. The summed E-state index contributed by atoms with van der Waals surface area (Å²) in [5, 5.41) is 1.20. The van der Waals surface area contributed by atoms with Crippen LogP contribution in [0, 0.1) is 0 Å². The highest BCUT2D eigenvalue weighted by Crippen LogP contribution is 2.33. The molecule has 3 heterocycles. The van der Waals surface area contributed by atoms with Crippen molar-refractivity contribution < 1.29 is 4.79 Å². The van der Waals surface area contributed by atoms with Crippen molar-refractivity contribution in [2.24, 2.45) is 0 Å². The molecule has 2 saturated heterocycles. The van der Waals surface area contributed by atoms with E-state index >= 15 is 0 Å². The second-order valence-corrected chi connectivity index (χ2v) is 8.58. The van der Waals surface area contributed by atoms with E-state index in [1.165, 1.54) is 29.0 Å². The molecule has 2 fully saturated rings. The van der Waals surface area contributed by atoms with Crippen LogP contribution >= 0.6 is 11.3 Å². The summed E-state index contributed by atoms with van der Waals surface area (Å²) in [6.45, 7) is 5.66. The molecule has 2 aliphatic heterocycles. The number of rotatable bonds is 3. The highest BCUT2D eigenvalue weighted by Gasteiger charge is 2.29. The Kier molecular flexibility index (Phi) is 5.04. The largest absolute Gasteiger partial charge is 0.341 e.